The van der Waals surface area contributed by atoms with Crippen LogP contribution in [0.3, 0.4) is 0 Å². The fourth-order valence-electron chi connectivity index (χ4n) is 2.36. The molecule has 0 saturated carbocycles. The lowest BCUT2D eigenvalue weighted by Crippen LogP contribution is -2.24. The summed E-state index contributed by atoms with van der Waals surface area (Å²) in [5.41, 5.74) is 3.82. The van der Waals surface area contributed by atoms with Crippen molar-refractivity contribution in [1.82, 2.24) is 4.98 Å². The molecule has 0 fully saturated rings. The number of benzene rings is 1. The van der Waals surface area contributed by atoms with E-state index >= 15 is 0 Å². The highest BCUT2D eigenvalue weighted by Gasteiger charge is 2.17. The van der Waals surface area contributed by atoms with E-state index in [4.69, 9.17) is 11.6 Å². The smallest absolute Gasteiger partial charge is 0.131 e. The van der Waals surface area contributed by atoms with E-state index in [1.807, 2.05) is 12.1 Å². The van der Waals surface area contributed by atoms with Gasteiger partial charge in [-0.2, -0.15) is 0 Å². The predicted molar refractivity (Wildman–Crippen MR) is 71.0 cm³/mol. The minimum atomic E-state index is 0.547. The van der Waals surface area contributed by atoms with Crippen LogP contribution >= 0.6 is 11.6 Å². The maximum atomic E-state index is 5.95. The van der Waals surface area contributed by atoms with E-state index in [9.17, 15) is 0 Å². The van der Waals surface area contributed by atoms with Gasteiger partial charge in [0.25, 0.3) is 0 Å². The summed E-state index contributed by atoms with van der Waals surface area (Å²) >= 11 is 5.95. The van der Waals surface area contributed by atoms with Crippen LogP contribution < -0.4 is 4.90 Å². The Bertz CT molecular complexity index is 539. The Morgan fingerprint density at radius 3 is 2.94 bits per heavy atom. The SMILES string of the molecule is Clc1cc(N2CCCc3ccccc32)ccn1. The molecule has 0 radical (unpaired) electrons. The Hall–Kier alpha value is -1.54. The third kappa shape index (κ3) is 2.01. The van der Waals surface area contributed by atoms with Crippen molar-refractivity contribution < 1.29 is 0 Å². The van der Waals surface area contributed by atoms with Crippen molar-refractivity contribution in [2.75, 3.05) is 11.4 Å². The molecule has 17 heavy (non-hydrogen) atoms. The van der Waals surface area contributed by atoms with Crippen molar-refractivity contribution >= 4 is 23.0 Å². The highest BCUT2D eigenvalue weighted by Crippen LogP contribution is 2.33. The molecule has 2 aromatic rings. The largest absolute Gasteiger partial charge is 0.341 e. The van der Waals surface area contributed by atoms with Gasteiger partial charge < -0.3 is 4.90 Å². The molecule has 1 aromatic heterocycles. The third-order valence-electron chi connectivity index (χ3n) is 3.13. The summed E-state index contributed by atoms with van der Waals surface area (Å²) in [6.07, 6.45) is 4.09. The quantitative estimate of drug-likeness (QED) is 0.709. The van der Waals surface area contributed by atoms with Gasteiger partial charge in [-0.05, 0) is 36.6 Å². The van der Waals surface area contributed by atoms with Crippen LogP contribution in [0.4, 0.5) is 11.4 Å². The fourth-order valence-corrected chi connectivity index (χ4v) is 2.53. The maximum Gasteiger partial charge on any atom is 0.131 e. The number of aromatic nitrogens is 1. The van der Waals surface area contributed by atoms with Crippen molar-refractivity contribution in [2.45, 2.75) is 12.8 Å². The molecular weight excluding hydrogens is 232 g/mol. The monoisotopic (exact) mass is 244 g/mol. The standard InChI is InChI=1S/C14H13ClN2/c15-14-10-12(7-8-16-14)17-9-3-5-11-4-1-2-6-13(11)17/h1-2,4,6-8,10H,3,5,9H2. The van der Waals surface area contributed by atoms with Crippen molar-refractivity contribution in [3.63, 3.8) is 0 Å². The summed E-state index contributed by atoms with van der Waals surface area (Å²) in [5, 5.41) is 0.547. The van der Waals surface area contributed by atoms with Crippen molar-refractivity contribution in [1.29, 1.82) is 0 Å². The van der Waals surface area contributed by atoms with Crippen LogP contribution in [-0.2, 0) is 6.42 Å². The van der Waals surface area contributed by atoms with Crippen LogP contribution in [-0.4, -0.2) is 11.5 Å². The van der Waals surface area contributed by atoms with Gasteiger partial charge in [0.1, 0.15) is 5.15 Å². The van der Waals surface area contributed by atoms with Crippen molar-refractivity contribution in [3.8, 4) is 0 Å². The first-order valence-electron chi connectivity index (χ1n) is 5.81. The Morgan fingerprint density at radius 2 is 2.06 bits per heavy atom. The molecule has 1 aromatic carbocycles. The van der Waals surface area contributed by atoms with E-state index in [0.29, 0.717) is 5.15 Å². The van der Waals surface area contributed by atoms with Gasteiger partial charge in [-0.25, -0.2) is 4.98 Å². The normalized spacial score (nSPS) is 14.5. The number of para-hydroxylation sites is 1. The van der Waals surface area contributed by atoms with Crippen LogP contribution in [0.2, 0.25) is 5.15 Å². The van der Waals surface area contributed by atoms with Crippen LogP contribution in [0.15, 0.2) is 42.6 Å². The van der Waals surface area contributed by atoms with Crippen LogP contribution in [0.5, 0.6) is 0 Å². The number of halogens is 1. The molecule has 0 N–H and O–H groups in total. The van der Waals surface area contributed by atoms with Crippen LogP contribution in [0.1, 0.15) is 12.0 Å². The molecule has 1 aliphatic rings. The first-order chi connectivity index (χ1) is 8.34. The summed E-state index contributed by atoms with van der Waals surface area (Å²) in [6.45, 7) is 1.04. The Kier molecular flexibility index (Phi) is 2.73. The number of fused-ring (bicyclic) bond motifs is 1. The van der Waals surface area contributed by atoms with E-state index in [2.05, 4.69) is 34.1 Å². The molecule has 0 amide bonds. The zero-order valence-electron chi connectivity index (χ0n) is 9.44. The average Bonchev–Trinajstić information content (AvgIpc) is 2.38. The Labute approximate surface area is 106 Å². The molecule has 2 heterocycles. The second-order valence-corrected chi connectivity index (χ2v) is 4.61. The van der Waals surface area contributed by atoms with Gasteiger partial charge in [-0.15, -0.1) is 0 Å². The zero-order chi connectivity index (χ0) is 11.7. The highest BCUT2D eigenvalue weighted by atomic mass is 35.5. The molecule has 0 spiro atoms. The van der Waals surface area contributed by atoms with Crippen molar-refractivity contribution in [3.05, 3.63) is 53.3 Å². The number of hydrogen-bond donors (Lipinski definition) is 0. The lowest BCUT2D eigenvalue weighted by molar-refractivity contribution is 0.766. The first-order valence-corrected chi connectivity index (χ1v) is 6.19. The molecule has 0 unspecified atom stereocenters. The first kappa shape index (κ1) is 10.6. The summed E-state index contributed by atoms with van der Waals surface area (Å²) in [5.74, 6) is 0. The van der Waals surface area contributed by atoms with Gasteiger partial charge in [-0.1, -0.05) is 29.8 Å². The minimum Gasteiger partial charge on any atom is -0.341 e. The lowest BCUT2D eigenvalue weighted by atomic mass is 10.0. The molecule has 0 atom stereocenters. The number of anilines is 2. The van der Waals surface area contributed by atoms with Crippen molar-refractivity contribution in [2.24, 2.45) is 0 Å². The molecule has 1 aliphatic heterocycles. The highest BCUT2D eigenvalue weighted by molar-refractivity contribution is 6.29. The summed E-state index contributed by atoms with van der Waals surface area (Å²) < 4.78 is 0. The fraction of sp³-hybridized carbons (Fsp3) is 0.214. The zero-order valence-corrected chi connectivity index (χ0v) is 10.2. The van der Waals surface area contributed by atoms with Gasteiger partial charge in [0, 0.05) is 24.1 Å². The van der Waals surface area contributed by atoms with Crippen LogP contribution in [0, 0.1) is 0 Å². The van der Waals surface area contributed by atoms with E-state index in [-0.39, 0.29) is 0 Å². The molecule has 0 saturated heterocycles. The minimum absolute atomic E-state index is 0.547. The molecule has 86 valence electrons. The van der Waals surface area contributed by atoms with Gasteiger partial charge in [0.05, 0.1) is 0 Å². The summed E-state index contributed by atoms with van der Waals surface area (Å²) in [7, 11) is 0. The molecule has 0 aliphatic carbocycles. The number of hydrogen-bond acceptors (Lipinski definition) is 2. The van der Waals surface area contributed by atoms with E-state index < -0.39 is 0 Å². The van der Waals surface area contributed by atoms with Gasteiger partial charge in [-0.3, -0.25) is 0 Å². The topological polar surface area (TPSA) is 16.1 Å². The Balaban J connectivity index is 2.06. The van der Waals surface area contributed by atoms with Crippen LogP contribution in [0.25, 0.3) is 0 Å². The number of rotatable bonds is 1. The predicted octanol–water partition coefficient (Wildman–Crippen LogP) is 3.82. The van der Waals surface area contributed by atoms with E-state index in [0.717, 1.165) is 18.7 Å². The molecular formula is C14H13ClN2. The van der Waals surface area contributed by atoms with E-state index in [1.54, 1.807) is 6.20 Å². The van der Waals surface area contributed by atoms with Gasteiger partial charge >= 0.3 is 0 Å². The van der Waals surface area contributed by atoms with Gasteiger partial charge in [0.15, 0.2) is 0 Å². The average molecular weight is 245 g/mol. The second kappa shape index (κ2) is 4.38. The molecule has 3 heteroatoms. The second-order valence-electron chi connectivity index (χ2n) is 4.22. The number of pyridine rings is 1. The number of nitrogens with zero attached hydrogens (tertiary/aromatic N) is 2. The molecule has 2 nitrogen and oxygen atoms in total. The van der Waals surface area contributed by atoms with E-state index in [1.165, 1.54) is 17.7 Å². The third-order valence-corrected chi connectivity index (χ3v) is 3.34. The number of aryl methyl sites for hydroxylation is 1. The summed E-state index contributed by atoms with van der Waals surface area (Å²) in [6, 6.07) is 12.5. The lowest BCUT2D eigenvalue weighted by Gasteiger charge is -2.31. The van der Waals surface area contributed by atoms with Gasteiger partial charge in [0.2, 0.25) is 0 Å². The Morgan fingerprint density at radius 1 is 1.18 bits per heavy atom. The summed E-state index contributed by atoms with van der Waals surface area (Å²) in [4.78, 5) is 6.34. The maximum absolute atomic E-state index is 5.95. The molecule has 3 rings (SSSR count). The molecule has 0 bridgehead atoms.